The highest BCUT2D eigenvalue weighted by Gasteiger charge is 2.27. The maximum absolute atomic E-state index is 13.3. The van der Waals surface area contributed by atoms with Crippen molar-refractivity contribution in [3.05, 3.63) is 76.2 Å². The van der Waals surface area contributed by atoms with E-state index in [1.165, 1.54) is 16.7 Å². The van der Waals surface area contributed by atoms with E-state index in [0.717, 1.165) is 30.2 Å². The molecule has 1 saturated heterocycles. The van der Waals surface area contributed by atoms with Crippen LogP contribution in [-0.4, -0.2) is 61.2 Å². The van der Waals surface area contributed by atoms with Crippen molar-refractivity contribution in [2.24, 2.45) is 0 Å². The van der Waals surface area contributed by atoms with Crippen LogP contribution in [0.3, 0.4) is 0 Å². The Morgan fingerprint density at radius 1 is 0.943 bits per heavy atom. The predicted octanol–water partition coefficient (Wildman–Crippen LogP) is 4.23. The van der Waals surface area contributed by atoms with Crippen molar-refractivity contribution in [3.63, 3.8) is 0 Å². The number of nitrogens with zero attached hydrogens (tertiary/aromatic N) is 4. The summed E-state index contributed by atoms with van der Waals surface area (Å²) in [5.74, 6) is 2.93. The molecule has 0 N–H and O–H groups in total. The van der Waals surface area contributed by atoms with Crippen LogP contribution in [-0.2, 0) is 12.8 Å². The van der Waals surface area contributed by atoms with Crippen LogP contribution in [0.2, 0.25) is 0 Å². The number of piperazine rings is 1. The zero-order valence-corrected chi connectivity index (χ0v) is 21.3. The van der Waals surface area contributed by atoms with Gasteiger partial charge in [-0.25, -0.2) is 9.97 Å². The van der Waals surface area contributed by atoms with Gasteiger partial charge in [0, 0.05) is 49.9 Å². The molecular formula is C28H34N4O3. The Balaban J connectivity index is 1.54. The van der Waals surface area contributed by atoms with E-state index in [0.29, 0.717) is 43.2 Å². The zero-order valence-electron chi connectivity index (χ0n) is 21.3. The molecule has 4 rings (SSSR count). The van der Waals surface area contributed by atoms with Crippen molar-refractivity contribution >= 4 is 11.7 Å². The molecule has 1 aliphatic rings. The second-order valence-corrected chi connectivity index (χ2v) is 8.88. The summed E-state index contributed by atoms with van der Waals surface area (Å²) in [7, 11) is 3.17. The lowest BCUT2D eigenvalue weighted by Gasteiger charge is -2.36. The fraction of sp³-hybridized carbons (Fsp3) is 0.393. The second kappa shape index (κ2) is 10.8. The molecule has 0 atom stereocenters. The summed E-state index contributed by atoms with van der Waals surface area (Å²) in [6, 6.07) is 14.0. The molecule has 184 valence electrons. The SMILES string of the molecule is CCc1nc(C)nc(N2CCN(C(=O)c3ccc(OC)cc3OC)CC2)c1Cc1ccc(C)cc1. The minimum absolute atomic E-state index is 0.0304. The Bertz CT molecular complexity index is 1190. The molecule has 2 heterocycles. The van der Waals surface area contributed by atoms with Crippen molar-refractivity contribution in [3.8, 4) is 11.5 Å². The maximum Gasteiger partial charge on any atom is 0.257 e. The van der Waals surface area contributed by atoms with Crippen LogP contribution in [0.5, 0.6) is 11.5 Å². The average molecular weight is 475 g/mol. The molecule has 0 unspecified atom stereocenters. The molecule has 1 aliphatic heterocycles. The highest BCUT2D eigenvalue weighted by molar-refractivity contribution is 5.97. The molecule has 1 amide bonds. The van der Waals surface area contributed by atoms with E-state index in [1.807, 2.05) is 11.8 Å². The van der Waals surface area contributed by atoms with Gasteiger partial charge in [-0.2, -0.15) is 0 Å². The molecule has 1 aromatic heterocycles. The van der Waals surface area contributed by atoms with Gasteiger partial charge in [0.15, 0.2) is 0 Å². The Morgan fingerprint density at radius 3 is 2.29 bits per heavy atom. The first-order chi connectivity index (χ1) is 16.9. The molecule has 7 nitrogen and oxygen atoms in total. The summed E-state index contributed by atoms with van der Waals surface area (Å²) in [6.07, 6.45) is 1.65. The van der Waals surface area contributed by atoms with Crippen LogP contribution >= 0.6 is 0 Å². The van der Waals surface area contributed by atoms with Gasteiger partial charge in [-0.1, -0.05) is 36.8 Å². The predicted molar refractivity (Wildman–Crippen MR) is 138 cm³/mol. The van der Waals surface area contributed by atoms with Crippen molar-refractivity contribution in [1.29, 1.82) is 0 Å². The number of carbonyl (C=O) groups is 1. The second-order valence-electron chi connectivity index (χ2n) is 8.88. The van der Waals surface area contributed by atoms with Crippen molar-refractivity contribution < 1.29 is 14.3 Å². The van der Waals surface area contributed by atoms with Gasteiger partial charge in [0.25, 0.3) is 5.91 Å². The fourth-order valence-electron chi connectivity index (χ4n) is 4.55. The number of benzene rings is 2. The maximum atomic E-state index is 13.3. The van der Waals surface area contributed by atoms with Gasteiger partial charge in [-0.15, -0.1) is 0 Å². The van der Waals surface area contributed by atoms with E-state index < -0.39 is 0 Å². The summed E-state index contributed by atoms with van der Waals surface area (Å²) in [5.41, 5.74) is 5.32. The van der Waals surface area contributed by atoms with Crippen LogP contribution < -0.4 is 14.4 Å². The van der Waals surface area contributed by atoms with Crippen LogP contribution in [0.4, 0.5) is 5.82 Å². The van der Waals surface area contributed by atoms with Gasteiger partial charge in [0.05, 0.1) is 19.8 Å². The molecule has 0 radical (unpaired) electrons. The van der Waals surface area contributed by atoms with Crippen molar-refractivity contribution in [2.45, 2.75) is 33.6 Å². The standard InChI is InChI=1S/C28H34N4O3/c1-6-25-24(17-21-9-7-19(2)8-10-21)27(30-20(3)29-25)31-13-15-32(16-14-31)28(33)23-12-11-22(34-4)18-26(23)35-5/h7-12,18H,6,13-17H2,1-5H3. The normalized spacial score (nSPS) is 13.6. The highest BCUT2D eigenvalue weighted by Crippen LogP contribution is 2.28. The Morgan fingerprint density at radius 2 is 1.66 bits per heavy atom. The van der Waals surface area contributed by atoms with E-state index in [1.54, 1.807) is 32.4 Å². The number of hydrogen-bond donors (Lipinski definition) is 0. The largest absolute Gasteiger partial charge is 0.497 e. The lowest BCUT2D eigenvalue weighted by Crippen LogP contribution is -2.49. The zero-order chi connectivity index (χ0) is 24.9. The Hall–Kier alpha value is -3.61. The van der Waals surface area contributed by atoms with Crippen LogP contribution in [0.25, 0.3) is 0 Å². The number of methoxy groups -OCH3 is 2. The first-order valence-electron chi connectivity index (χ1n) is 12.1. The summed E-state index contributed by atoms with van der Waals surface area (Å²) in [5, 5.41) is 0. The van der Waals surface area contributed by atoms with Crippen LogP contribution in [0.1, 0.15) is 45.5 Å². The molecule has 0 saturated carbocycles. The topological polar surface area (TPSA) is 67.8 Å². The summed E-state index contributed by atoms with van der Waals surface area (Å²) in [6.45, 7) is 8.85. The van der Waals surface area contributed by atoms with Crippen molar-refractivity contribution in [1.82, 2.24) is 14.9 Å². The summed E-state index contributed by atoms with van der Waals surface area (Å²) < 4.78 is 10.7. The minimum atomic E-state index is -0.0304. The van der Waals surface area contributed by atoms with Gasteiger partial charge in [-0.3, -0.25) is 4.79 Å². The molecule has 1 fully saturated rings. The first kappa shape index (κ1) is 24.5. The number of carbonyl (C=O) groups excluding carboxylic acids is 1. The summed E-state index contributed by atoms with van der Waals surface area (Å²) >= 11 is 0. The Labute approximate surface area is 207 Å². The number of aromatic nitrogens is 2. The van der Waals surface area contributed by atoms with E-state index in [2.05, 4.69) is 43.0 Å². The molecule has 0 bridgehead atoms. The van der Waals surface area contributed by atoms with Crippen LogP contribution in [0, 0.1) is 13.8 Å². The molecular weight excluding hydrogens is 440 g/mol. The lowest BCUT2D eigenvalue weighted by atomic mass is 10.0. The van der Waals surface area contributed by atoms with Gasteiger partial charge >= 0.3 is 0 Å². The molecule has 3 aromatic rings. The van der Waals surface area contributed by atoms with E-state index >= 15 is 0 Å². The number of hydrogen-bond acceptors (Lipinski definition) is 6. The van der Waals surface area contributed by atoms with Crippen LogP contribution in [0.15, 0.2) is 42.5 Å². The van der Waals surface area contributed by atoms with E-state index in [9.17, 15) is 4.79 Å². The number of anilines is 1. The third-order valence-corrected chi connectivity index (χ3v) is 6.52. The molecule has 0 aliphatic carbocycles. The third-order valence-electron chi connectivity index (χ3n) is 6.52. The lowest BCUT2D eigenvalue weighted by molar-refractivity contribution is 0.0743. The number of rotatable bonds is 7. The minimum Gasteiger partial charge on any atom is -0.497 e. The van der Waals surface area contributed by atoms with E-state index in [4.69, 9.17) is 19.4 Å². The van der Waals surface area contributed by atoms with Gasteiger partial charge in [-0.05, 0) is 38.0 Å². The van der Waals surface area contributed by atoms with Crippen molar-refractivity contribution in [2.75, 3.05) is 45.3 Å². The molecule has 2 aromatic carbocycles. The van der Waals surface area contributed by atoms with Gasteiger partial charge < -0.3 is 19.3 Å². The number of aryl methyl sites for hydroxylation is 3. The monoisotopic (exact) mass is 474 g/mol. The highest BCUT2D eigenvalue weighted by atomic mass is 16.5. The average Bonchev–Trinajstić information content (AvgIpc) is 2.89. The molecule has 0 spiro atoms. The Kier molecular flexibility index (Phi) is 7.54. The molecule has 7 heteroatoms. The number of amides is 1. The van der Waals surface area contributed by atoms with E-state index in [-0.39, 0.29) is 5.91 Å². The molecule has 35 heavy (non-hydrogen) atoms. The summed E-state index contributed by atoms with van der Waals surface area (Å²) in [4.78, 5) is 27.1. The van der Waals surface area contributed by atoms with Gasteiger partial charge in [0.2, 0.25) is 0 Å². The quantitative estimate of drug-likeness (QED) is 0.511. The smallest absolute Gasteiger partial charge is 0.257 e. The fourth-order valence-corrected chi connectivity index (χ4v) is 4.55. The number of ether oxygens (including phenoxy) is 2. The first-order valence-corrected chi connectivity index (χ1v) is 12.1. The third kappa shape index (κ3) is 5.39. The van der Waals surface area contributed by atoms with Gasteiger partial charge in [0.1, 0.15) is 23.1 Å².